The molecule has 0 saturated heterocycles. The van der Waals surface area contributed by atoms with Gasteiger partial charge in [0.2, 0.25) is 5.91 Å². The van der Waals surface area contributed by atoms with Crippen LogP contribution in [0.15, 0.2) is 42.5 Å². The van der Waals surface area contributed by atoms with Crippen molar-refractivity contribution in [2.24, 2.45) is 0 Å². The summed E-state index contributed by atoms with van der Waals surface area (Å²) in [4.78, 5) is 11.3. The van der Waals surface area contributed by atoms with Gasteiger partial charge in [0, 0.05) is 5.69 Å². The molecule has 3 heteroatoms. The number of aryl methyl sites for hydroxylation is 1. The number of benzene rings is 2. The Morgan fingerprint density at radius 3 is 2.83 bits per heavy atom. The molecule has 1 heterocycles. The number of fused-ring (bicyclic) bond motifs is 1. The van der Waals surface area contributed by atoms with E-state index in [9.17, 15) is 4.79 Å². The van der Waals surface area contributed by atoms with Gasteiger partial charge in [-0.1, -0.05) is 18.2 Å². The number of hydrogen-bond acceptors (Lipinski definition) is 2. The van der Waals surface area contributed by atoms with E-state index >= 15 is 0 Å². The summed E-state index contributed by atoms with van der Waals surface area (Å²) in [6, 6.07) is 13.5. The first-order chi connectivity index (χ1) is 8.72. The number of carbonyl (C=O) groups is 1. The molecule has 0 unspecified atom stereocenters. The molecule has 0 aromatic heterocycles. The van der Waals surface area contributed by atoms with Gasteiger partial charge in [-0.25, -0.2) is 0 Å². The summed E-state index contributed by atoms with van der Waals surface area (Å²) in [6.07, 6.45) is 0.431. The van der Waals surface area contributed by atoms with Crippen LogP contribution in [0.1, 0.15) is 11.1 Å². The van der Waals surface area contributed by atoms with Gasteiger partial charge in [-0.15, -0.1) is 0 Å². The molecule has 1 aliphatic heterocycles. The molecule has 0 saturated carbocycles. The van der Waals surface area contributed by atoms with Gasteiger partial charge in [0.25, 0.3) is 0 Å². The van der Waals surface area contributed by atoms with Gasteiger partial charge in [-0.05, 0) is 42.3 Å². The number of nitrogens with one attached hydrogen (secondary N) is 1. The maximum atomic E-state index is 11.3. The molecule has 1 N–H and O–H groups in total. The predicted molar refractivity (Wildman–Crippen MR) is 70.0 cm³/mol. The van der Waals surface area contributed by atoms with Crippen LogP contribution in [0.4, 0.5) is 5.69 Å². The van der Waals surface area contributed by atoms with Gasteiger partial charge < -0.3 is 10.1 Å². The van der Waals surface area contributed by atoms with Crippen LogP contribution < -0.4 is 10.1 Å². The molecule has 3 rings (SSSR count). The maximum Gasteiger partial charge on any atom is 0.228 e. The fourth-order valence-electron chi connectivity index (χ4n) is 2.07. The van der Waals surface area contributed by atoms with E-state index in [2.05, 4.69) is 5.32 Å². The highest BCUT2D eigenvalue weighted by Gasteiger charge is 2.17. The van der Waals surface area contributed by atoms with Crippen molar-refractivity contribution in [3.05, 3.63) is 53.6 Å². The van der Waals surface area contributed by atoms with Crippen molar-refractivity contribution >= 4 is 11.6 Å². The Kier molecular flexibility index (Phi) is 2.52. The molecule has 18 heavy (non-hydrogen) atoms. The summed E-state index contributed by atoms with van der Waals surface area (Å²) in [7, 11) is 0. The largest absolute Gasteiger partial charge is 0.457 e. The first kappa shape index (κ1) is 10.8. The average Bonchev–Trinajstić information content (AvgIpc) is 2.71. The Balaban J connectivity index is 1.89. The smallest absolute Gasteiger partial charge is 0.228 e. The van der Waals surface area contributed by atoms with Crippen LogP contribution in [0.5, 0.6) is 11.5 Å². The van der Waals surface area contributed by atoms with Gasteiger partial charge in [-0.3, -0.25) is 4.79 Å². The number of carbonyl (C=O) groups excluding carboxylic acids is 1. The van der Waals surface area contributed by atoms with Gasteiger partial charge in [-0.2, -0.15) is 0 Å². The van der Waals surface area contributed by atoms with Crippen LogP contribution in [0.3, 0.4) is 0 Å². The Morgan fingerprint density at radius 1 is 1.17 bits per heavy atom. The van der Waals surface area contributed by atoms with Crippen LogP contribution in [-0.4, -0.2) is 5.91 Å². The molecule has 3 nitrogen and oxygen atoms in total. The summed E-state index contributed by atoms with van der Waals surface area (Å²) < 4.78 is 5.83. The second kappa shape index (κ2) is 4.18. The standard InChI is InChI=1S/C15H13NO2/c1-10-4-2-3-5-14(10)18-12-6-7-13-11(8-12)9-15(17)16-13/h2-8H,9H2,1H3,(H,16,17). The maximum absolute atomic E-state index is 11.3. The molecule has 1 amide bonds. The minimum Gasteiger partial charge on any atom is -0.457 e. The average molecular weight is 239 g/mol. The van der Waals surface area contributed by atoms with E-state index in [-0.39, 0.29) is 5.91 Å². The zero-order valence-corrected chi connectivity index (χ0v) is 10.1. The van der Waals surface area contributed by atoms with Crippen LogP contribution in [0, 0.1) is 6.92 Å². The van der Waals surface area contributed by atoms with Crippen LogP contribution in [-0.2, 0) is 11.2 Å². The number of ether oxygens (including phenoxy) is 1. The predicted octanol–water partition coefficient (Wildman–Crippen LogP) is 3.28. The van der Waals surface area contributed by atoms with Crippen molar-refractivity contribution < 1.29 is 9.53 Å². The molecule has 2 aromatic carbocycles. The third-order valence-electron chi connectivity index (χ3n) is 3.02. The van der Waals surface area contributed by atoms with E-state index in [0.29, 0.717) is 6.42 Å². The van der Waals surface area contributed by atoms with E-state index in [0.717, 1.165) is 28.3 Å². The lowest BCUT2D eigenvalue weighted by Gasteiger charge is -2.09. The highest BCUT2D eigenvalue weighted by molar-refractivity contribution is 5.99. The summed E-state index contributed by atoms with van der Waals surface area (Å²) in [6.45, 7) is 2.01. The Hall–Kier alpha value is -2.29. The molecule has 0 fully saturated rings. The lowest BCUT2D eigenvalue weighted by atomic mass is 10.1. The quantitative estimate of drug-likeness (QED) is 0.873. The zero-order valence-electron chi connectivity index (χ0n) is 10.1. The molecule has 1 aliphatic rings. The highest BCUT2D eigenvalue weighted by Crippen LogP contribution is 2.30. The third kappa shape index (κ3) is 1.95. The van der Waals surface area contributed by atoms with Gasteiger partial charge in [0.1, 0.15) is 11.5 Å². The monoisotopic (exact) mass is 239 g/mol. The molecule has 2 aromatic rings. The Morgan fingerprint density at radius 2 is 2.00 bits per heavy atom. The van der Waals surface area contributed by atoms with E-state index in [1.807, 2.05) is 49.4 Å². The molecule has 90 valence electrons. The minimum atomic E-state index is 0.0399. The van der Waals surface area contributed by atoms with Crippen molar-refractivity contribution in [1.29, 1.82) is 0 Å². The van der Waals surface area contributed by atoms with E-state index in [4.69, 9.17) is 4.74 Å². The van der Waals surface area contributed by atoms with E-state index in [1.54, 1.807) is 0 Å². The molecule has 0 atom stereocenters. The fraction of sp³-hybridized carbons (Fsp3) is 0.133. The first-order valence-corrected chi connectivity index (χ1v) is 5.88. The minimum absolute atomic E-state index is 0.0399. The van der Waals surface area contributed by atoms with Crippen molar-refractivity contribution in [2.45, 2.75) is 13.3 Å². The number of anilines is 1. The van der Waals surface area contributed by atoms with Crippen molar-refractivity contribution in [1.82, 2.24) is 0 Å². The van der Waals surface area contributed by atoms with Gasteiger partial charge in [0.05, 0.1) is 6.42 Å². The van der Waals surface area contributed by atoms with Crippen LogP contribution in [0.25, 0.3) is 0 Å². The summed E-state index contributed by atoms with van der Waals surface area (Å²) >= 11 is 0. The Bertz CT molecular complexity index is 620. The zero-order chi connectivity index (χ0) is 12.5. The van der Waals surface area contributed by atoms with Crippen molar-refractivity contribution in [2.75, 3.05) is 5.32 Å². The van der Waals surface area contributed by atoms with E-state index < -0.39 is 0 Å². The fourth-order valence-corrected chi connectivity index (χ4v) is 2.07. The van der Waals surface area contributed by atoms with Gasteiger partial charge in [0.15, 0.2) is 0 Å². The Labute approximate surface area is 105 Å². The lowest BCUT2D eigenvalue weighted by Crippen LogP contribution is -2.03. The van der Waals surface area contributed by atoms with Crippen molar-refractivity contribution in [3.8, 4) is 11.5 Å². The number of hydrogen-bond donors (Lipinski definition) is 1. The van der Waals surface area contributed by atoms with Crippen LogP contribution >= 0.6 is 0 Å². The first-order valence-electron chi connectivity index (χ1n) is 5.88. The second-order valence-electron chi connectivity index (χ2n) is 4.41. The van der Waals surface area contributed by atoms with Crippen LogP contribution in [0.2, 0.25) is 0 Å². The third-order valence-corrected chi connectivity index (χ3v) is 3.02. The number of para-hydroxylation sites is 1. The SMILES string of the molecule is Cc1ccccc1Oc1ccc2c(c1)CC(=O)N2. The molecular weight excluding hydrogens is 226 g/mol. The molecule has 0 radical (unpaired) electrons. The molecular formula is C15H13NO2. The molecule has 0 bridgehead atoms. The summed E-state index contributed by atoms with van der Waals surface area (Å²) in [5, 5.41) is 2.81. The number of rotatable bonds is 2. The second-order valence-corrected chi connectivity index (χ2v) is 4.41. The lowest BCUT2D eigenvalue weighted by molar-refractivity contribution is -0.115. The van der Waals surface area contributed by atoms with Crippen molar-refractivity contribution in [3.63, 3.8) is 0 Å². The summed E-state index contributed by atoms with van der Waals surface area (Å²) in [5.74, 6) is 1.65. The highest BCUT2D eigenvalue weighted by atomic mass is 16.5. The van der Waals surface area contributed by atoms with E-state index in [1.165, 1.54) is 0 Å². The van der Waals surface area contributed by atoms with Gasteiger partial charge >= 0.3 is 0 Å². The summed E-state index contributed by atoms with van der Waals surface area (Å²) in [5.41, 5.74) is 2.97. The topological polar surface area (TPSA) is 38.3 Å². The molecule has 0 spiro atoms. The normalized spacial score (nSPS) is 13.1. The number of amides is 1. The molecule has 0 aliphatic carbocycles.